The summed E-state index contributed by atoms with van der Waals surface area (Å²) in [5.41, 5.74) is 1.66. The van der Waals surface area contributed by atoms with Crippen molar-refractivity contribution in [3.05, 3.63) is 51.2 Å². The second-order valence-electron chi connectivity index (χ2n) is 5.07. The minimum absolute atomic E-state index is 0.0213. The molecule has 3 nitrogen and oxygen atoms in total. The van der Waals surface area contributed by atoms with Gasteiger partial charge in [0.15, 0.2) is 0 Å². The fourth-order valence-electron chi connectivity index (χ4n) is 2.27. The molecule has 21 heavy (non-hydrogen) atoms. The summed E-state index contributed by atoms with van der Waals surface area (Å²) in [6.45, 7) is 4.01. The highest BCUT2D eigenvalue weighted by atomic mass is 32.1. The lowest BCUT2D eigenvalue weighted by molar-refractivity contribution is 0.0940. The average Bonchev–Trinajstić information content (AvgIpc) is 3.05. The maximum atomic E-state index is 12.3. The first-order valence-corrected chi connectivity index (χ1v) is 8.52. The van der Waals surface area contributed by atoms with E-state index in [1.54, 1.807) is 22.7 Å². The van der Waals surface area contributed by atoms with Crippen LogP contribution in [0.4, 0.5) is 0 Å². The van der Waals surface area contributed by atoms with E-state index in [1.165, 1.54) is 4.88 Å². The molecule has 0 saturated carbocycles. The molecule has 2 aromatic heterocycles. The number of rotatable bonds is 4. The van der Waals surface area contributed by atoms with Crippen LogP contribution in [0.25, 0.3) is 10.2 Å². The molecule has 3 aromatic rings. The van der Waals surface area contributed by atoms with Gasteiger partial charge in [-0.2, -0.15) is 0 Å². The van der Waals surface area contributed by atoms with E-state index >= 15 is 0 Å². The lowest BCUT2D eigenvalue weighted by Gasteiger charge is -2.13. The van der Waals surface area contributed by atoms with Crippen LogP contribution in [0.2, 0.25) is 0 Å². The van der Waals surface area contributed by atoms with E-state index in [4.69, 9.17) is 0 Å². The molecule has 1 amide bonds. The second-order valence-corrected chi connectivity index (χ2v) is 7.34. The highest BCUT2D eigenvalue weighted by Crippen LogP contribution is 2.22. The third kappa shape index (κ3) is 3.31. The predicted octanol–water partition coefficient (Wildman–Crippen LogP) is 4.03. The molecule has 0 fully saturated rings. The summed E-state index contributed by atoms with van der Waals surface area (Å²) < 4.78 is 1.06. The van der Waals surface area contributed by atoms with Crippen molar-refractivity contribution >= 4 is 38.8 Å². The van der Waals surface area contributed by atoms with Gasteiger partial charge in [-0.05, 0) is 43.5 Å². The molecule has 0 aliphatic carbocycles. The zero-order valence-corrected chi connectivity index (χ0v) is 13.6. The number of fused-ring (bicyclic) bond motifs is 1. The average molecular weight is 316 g/mol. The lowest BCUT2D eigenvalue weighted by Crippen LogP contribution is -2.33. The van der Waals surface area contributed by atoms with Crippen molar-refractivity contribution in [3.63, 3.8) is 0 Å². The summed E-state index contributed by atoms with van der Waals surface area (Å²) in [6, 6.07) is 9.93. The van der Waals surface area contributed by atoms with E-state index in [0.29, 0.717) is 5.56 Å². The summed E-state index contributed by atoms with van der Waals surface area (Å²) in [4.78, 5) is 18.0. The summed E-state index contributed by atoms with van der Waals surface area (Å²) in [7, 11) is 0. The van der Waals surface area contributed by atoms with E-state index in [9.17, 15) is 4.79 Å². The number of nitrogens with zero attached hydrogens (tertiary/aromatic N) is 1. The molecular weight excluding hydrogens is 300 g/mol. The minimum atomic E-state index is -0.0213. The molecule has 0 aliphatic rings. The molecule has 2 heterocycles. The minimum Gasteiger partial charge on any atom is -0.349 e. The zero-order valence-electron chi connectivity index (χ0n) is 11.9. The number of carbonyl (C=O) groups excluding carboxylic acids is 1. The molecule has 0 bridgehead atoms. The molecule has 1 N–H and O–H groups in total. The number of amides is 1. The van der Waals surface area contributed by atoms with Crippen LogP contribution >= 0.6 is 22.7 Å². The Morgan fingerprint density at radius 3 is 3.00 bits per heavy atom. The largest absolute Gasteiger partial charge is 0.349 e. The lowest BCUT2D eigenvalue weighted by atomic mass is 10.1. The van der Waals surface area contributed by atoms with Gasteiger partial charge in [0, 0.05) is 22.9 Å². The van der Waals surface area contributed by atoms with Gasteiger partial charge in [-0.1, -0.05) is 6.07 Å². The summed E-state index contributed by atoms with van der Waals surface area (Å²) in [6.07, 6.45) is 0.866. The van der Waals surface area contributed by atoms with Crippen LogP contribution in [-0.4, -0.2) is 16.9 Å². The van der Waals surface area contributed by atoms with Crippen LogP contribution in [0.1, 0.15) is 27.2 Å². The standard InChI is InChI=1S/C16H16N2OS2/c1-10(8-13-4-3-7-20-13)17-16(19)12-5-6-14-15(9-12)21-11(2)18-14/h3-7,9-10H,8H2,1-2H3,(H,17,19)/t10-/m1/s1. The van der Waals surface area contributed by atoms with Gasteiger partial charge in [0.1, 0.15) is 0 Å². The smallest absolute Gasteiger partial charge is 0.251 e. The molecule has 0 aliphatic heterocycles. The topological polar surface area (TPSA) is 42.0 Å². The maximum Gasteiger partial charge on any atom is 0.251 e. The number of aryl methyl sites for hydroxylation is 1. The molecule has 5 heteroatoms. The first-order valence-electron chi connectivity index (χ1n) is 6.82. The zero-order chi connectivity index (χ0) is 14.8. The van der Waals surface area contributed by atoms with Gasteiger partial charge in [-0.15, -0.1) is 22.7 Å². The molecule has 0 saturated heterocycles. The van der Waals surface area contributed by atoms with Gasteiger partial charge in [0.25, 0.3) is 5.91 Å². The Morgan fingerprint density at radius 2 is 2.24 bits per heavy atom. The number of hydrogen-bond acceptors (Lipinski definition) is 4. The quantitative estimate of drug-likeness (QED) is 0.789. The maximum absolute atomic E-state index is 12.3. The Balaban J connectivity index is 1.71. The van der Waals surface area contributed by atoms with Crippen LogP contribution in [-0.2, 0) is 6.42 Å². The molecular formula is C16H16N2OS2. The van der Waals surface area contributed by atoms with Gasteiger partial charge in [0.2, 0.25) is 0 Å². The summed E-state index contributed by atoms with van der Waals surface area (Å²) >= 11 is 3.34. The van der Waals surface area contributed by atoms with Crippen LogP contribution in [0.5, 0.6) is 0 Å². The van der Waals surface area contributed by atoms with Crippen molar-refractivity contribution < 1.29 is 4.79 Å². The number of nitrogens with one attached hydrogen (secondary N) is 1. The van der Waals surface area contributed by atoms with Crippen LogP contribution in [0, 0.1) is 6.92 Å². The normalized spacial score (nSPS) is 12.5. The summed E-state index contributed by atoms with van der Waals surface area (Å²) in [5, 5.41) is 6.14. The Morgan fingerprint density at radius 1 is 1.38 bits per heavy atom. The van der Waals surface area contributed by atoms with Gasteiger partial charge in [-0.25, -0.2) is 4.98 Å². The Bertz CT molecular complexity index is 762. The molecule has 108 valence electrons. The van der Waals surface area contributed by atoms with Crippen molar-refractivity contribution in [2.24, 2.45) is 0 Å². The highest BCUT2D eigenvalue weighted by Gasteiger charge is 2.12. The van der Waals surface area contributed by atoms with E-state index in [-0.39, 0.29) is 11.9 Å². The number of hydrogen-bond donors (Lipinski definition) is 1. The van der Waals surface area contributed by atoms with Crippen molar-refractivity contribution in [3.8, 4) is 0 Å². The second kappa shape index (κ2) is 5.95. The Labute approximate surface area is 131 Å². The van der Waals surface area contributed by atoms with Crippen molar-refractivity contribution in [1.29, 1.82) is 0 Å². The molecule has 0 unspecified atom stereocenters. The molecule has 0 spiro atoms. The molecule has 0 radical (unpaired) electrons. The Kier molecular flexibility index (Phi) is 4.03. The number of carbonyl (C=O) groups is 1. The first-order chi connectivity index (χ1) is 10.1. The van der Waals surface area contributed by atoms with Gasteiger partial charge in [-0.3, -0.25) is 4.79 Å². The summed E-state index contributed by atoms with van der Waals surface area (Å²) in [5.74, 6) is -0.0213. The van der Waals surface area contributed by atoms with Crippen molar-refractivity contribution in [2.45, 2.75) is 26.3 Å². The van der Waals surface area contributed by atoms with Gasteiger partial charge < -0.3 is 5.32 Å². The molecule has 1 aromatic carbocycles. The number of benzene rings is 1. The molecule has 3 rings (SSSR count). The fraction of sp³-hybridized carbons (Fsp3) is 0.250. The van der Waals surface area contributed by atoms with E-state index in [1.807, 2.05) is 38.1 Å². The highest BCUT2D eigenvalue weighted by molar-refractivity contribution is 7.18. The Hall–Kier alpha value is -1.72. The monoisotopic (exact) mass is 316 g/mol. The van der Waals surface area contributed by atoms with Gasteiger partial charge in [0.05, 0.1) is 15.2 Å². The number of aromatic nitrogens is 1. The van der Waals surface area contributed by atoms with Crippen LogP contribution in [0.15, 0.2) is 35.7 Å². The van der Waals surface area contributed by atoms with E-state index < -0.39 is 0 Å². The molecule has 1 atom stereocenters. The predicted molar refractivity (Wildman–Crippen MR) is 89.3 cm³/mol. The SMILES string of the molecule is Cc1nc2ccc(C(=O)N[C@H](C)Cc3cccs3)cc2s1. The van der Waals surface area contributed by atoms with Gasteiger partial charge >= 0.3 is 0 Å². The van der Waals surface area contributed by atoms with Crippen molar-refractivity contribution in [1.82, 2.24) is 10.3 Å². The number of thiophene rings is 1. The van der Waals surface area contributed by atoms with Crippen LogP contribution < -0.4 is 5.32 Å². The van der Waals surface area contributed by atoms with E-state index in [0.717, 1.165) is 21.6 Å². The first kappa shape index (κ1) is 14.2. The van der Waals surface area contributed by atoms with E-state index in [2.05, 4.69) is 21.7 Å². The fourth-order valence-corrected chi connectivity index (χ4v) is 3.97. The number of thiazole rings is 1. The third-order valence-electron chi connectivity index (χ3n) is 3.22. The van der Waals surface area contributed by atoms with Crippen LogP contribution in [0.3, 0.4) is 0 Å². The third-order valence-corrected chi connectivity index (χ3v) is 5.05. The van der Waals surface area contributed by atoms with Crippen molar-refractivity contribution in [2.75, 3.05) is 0 Å².